The van der Waals surface area contributed by atoms with E-state index in [1.54, 1.807) is 4.90 Å². The van der Waals surface area contributed by atoms with Crippen molar-refractivity contribution in [3.63, 3.8) is 0 Å². The van der Waals surface area contributed by atoms with Gasteiger partial charge in [0.15, 0.2) is 11.6 Å². The van der Waals surface area contributed by atoms with E-state index in [-0.39, 0.29) is 99.8 Å². The quantitative estimate of drug-likeness (QED) is 0.0523. The number of Topliss-reactive ketones (excluding diaryl/α,β-unsaturated/α-hetero) is 2. The zero-order valence-corrected chi connectivity index (χ0v) is 66.5. The summed E-state index contributed by atoms with van der Waals surface area (Å²) >= 11 is 0. The number of rotatable bonds is 29. The Morgan fingerprint density at radius 2 is 0.604 bits per heavy atom. The summed E-state index contributed by atoms with van der Waals surface area (Å²) in [7, 11) is 12.0. The van der Waals surface area contributed by atoms with Crippen molar-refractivity contribution in [1.29, 1.82) is 0 Å². The molecule has 2 saturated heterocycles. The first kappa shape index (κ1) is 114. The molecule has 0 spiro atoms. The molecular weight excluding hydrogens is 1400 g/mol. The second-order valence-electron chi connectivity index (χ2n) is 27.7. The Morgan fingerprint density at radius 1 is 0.340 bits per heavy atom. The summed E-state index contributed by atoms with van der Waals surface area (Å²) in [5.41, 5.74) is -0.854. The van der Waals surface area contributed by atoms with E-state index in [2.05, 4.69) is 99.7 Å². The Bertz CT molecular complexity index is 2420. The maximum atomic E-state index is 12.5. The fraction of sp³-hybridized carbons (Fsp3) is 0.809. The van der Waals surface area contributed by atoms with Crippen molar-refractivity contribution < 1.29 is 117 Å². The summed E-state index contributed by atoms with van der Waals surface area (Å²) in [4.78, 5) is 206. The molecule has 0 radical (unpaired) electrons. The average molecular weight is 1530 g/mol. The van der Waals surface area contributed by atoms with Crippen LogP contribution in [0.15, 0.2) is 0 Å². The van der Waals surface area contributed by atoms with E-state index >= 15 is 0 Å². The third kappa shape index (κ3) is 83.7. The third-order valence-electron chi connectivity index (χ3n) is 14.7. The van der Waals surface area contributed by atoms with Crippen LogP contribution >= 0.6 is 0 Å². The number of carbonyl (C=O) groups excluding carboxylic acids is 14. The molecule has 5 N–H and O–H groups in total. The van der Waals surface area contributed by atoms with Gasteiger partial charge in [-0.25, -0.2) is 0 Å². The Morgan fingerprint density at radius 3 is 0.877 bits per heavy atom. The molecule has 0 aromatic rings. The lowest BCUT2D eigenvalue weighted by molar-refractivity contribution is -0.193. The standard InChI is InChI=1S/C19H38N4O3.C17H36N4O2.C14H27N3O5.C12H27N3O2.6CO2/c1-6-21-9-7-20(5)8-10-22(15-17(24)19(2,3)4)13-14-23(12-11-21)16-18(25)26;1-5-19-8-6-18(4)7-9-20(14-16(2)3)12-13-21(11-10-19)15-17(22)23;1-14(2,3)11(18)6-17(9-15(4)5)10-16(7-12(19)20)8-13(21)22;1-6-14(8-12(16)17)10-15(7-11(2)3)9-13(4)5;6*2-1-3/h6-16H2,1-5H3,(H,25,26);16H,5-15H2,1-4H3,(H,22,23);6-10H2,1-5H3,(H,19,20)(H,21,22);11H,6-10H2,1-5H3,(H,16,17);;;;;;. The highest BCUT2D eigenvalue weighted by molar-refractivity contribution is 5.86. The summed E-state index contributed by atoms with van der Waals surface area (Å²) in [6.45, 7) is 48.0. The Hall–Kier alpha value is -7.59. The van der Waals surface area contributed by atoms with Crippen molar-refractivity contribution in [3.05, 3.63) is 0 Å². The highest BCUT2D eigenvalue weighted by Gasteiger charge is 2.28. The number of hydrogen-bond acceptors (Lipinski definition) is 33. The van der Waals surface area contributed by atoms with Crippen molar-refractivity contribution in [2.75, 3.05) is 252 Å². The number of ketones is 2. The third-order valence-corrected chi connectivity index (χ3v) is 14.7. The molecular formula is C68H128N14O24. The summed E-state index contributed by atoms with van der Waals surface area (Å²) < 4.78 is 0. The average Bonchev–Trinajstić information content (AvgIpc) is 0.888. The maximum absolute atomic E-state index is 12.5. The van der Waals surface area contributed by atoms with Crippen molar-refractivity contribution in [1.82, 2.24) is 68.6 Å². The molecule has 106 heavy (non-hydrogen) atoms. The maximum Gasteiger partial charge on any atom is 0.373 e. The molecule has 2 heterocycles. The van der Waals surface area contributed by atoms with E-state index in [9.17, 15) is 38.7 Å². The Labute approximate surface area is 626 Å². The topological polar surface area (TPSA) is 471 Å². The van der Waals surface area contributed by atoms with Gasteiger partial charge in [-0.3, -0.25) is 77.7 Å². The lowest BCUT2D eigenvalue weighted by Gasteiger charge is -2.33. The van der Waals surface area contributed by atoms with E-state index in [4.69, 9.17) is 78.0 Å². The van der Waals surface area contributed by atoms with Gasteiger partial charge in [-0.15, -0.1) is 0 Å². The number of carboxylic acid groups (broad SMARTS) is 5. The molecule has 2 aliphatic rings. The van der Waals surface area contributed by atoms with Crippen LogP contribution < -0.4 is 0 Å². The summed E-state index contributed by atoms with van der Waals surface area (Å²) in [5, 5.41) is 44.9. The van der Waals surface area contributed by atoms with Gasteiger partial charge >= 0.3 is 66.8 Å². The van der Waals surface area contributed by atoms with Crippen LogP contribution in [0.2, 0.25) is 0 Å². The number of nitrogens with zero attached hydrogens (tertiary/aromatic N) is 14. The second kappa shape index (κ2) is 72.9. The highest BCUT2D eigenvalue weighted by Crippen LogP contribution is 2.17. The van der Waals surface area contributed by atoms with Crippen LogP contribution in [0, 0.1) is 22.7 Å². The van der Waals surface area contributed by atoms with Crippen LogP contribution in [-0.4, -0.2) is 425 Å². The minimum Gasteiger partial charge on any atom is -0.480 e. The molecule has 0 bridgehead atoms. The first-order chi connectivity index (χ1) is 49.3. The van der Waals surface area contributed by atoms with Crippen molar-refractivity contribution in [3.8, 4) is 0 Å². The Balaban J connectivity index is -0.000000188. The molecule has 38 heteroatoms. The van der Waals surface area contributed by atoms with Crippen molar-refractivity contribution >= 4 is 78.3 Å². The number of hydrogen-bond donors (Lipinski definition) is 5. The molecule has 0 aliphatic carbocycles. The molecule has 2 rings (SSSR count). The van der Waals surface area contributed by atoms with Crippen LogP contribution in [-0.2, 0) is 91.1 Å². The molecule has 0 aromatic heterocycles. The predicted molar refractivity (Wildman–Crippen MR) is 381 cm³/mol. The largest absolute Gasteiger partial charge is 0.480 e. The Kier molecular flexibility index (Phi) is 78.6. The second-order valence-corrected chi connectivity index (χ2v) is 27.7. The monoisotopic (exact) mass is 1520 g/mol. The predicted octanol–water partition coefficient (Wildman–Crippen LogP) is -1.67. The van der Waals surface area contributed by atoms with E-state index in [1.807, 2.05) is 91.4 Å². The van der Waals surface area contributed by atoms with Gasteiger partial charge in [0, 0.05) is 129 Å². The molecule has 2 aliphatic heterocycles. The fourth-order valence-electron chi connectivity index (χ4n) is 9.52. The van der Waals surface area contributed by atoms with Crippen LogP contribution in [0.1, 0.15) is 90.0 Å². The van der Waals surface area contributed by atoms with E-state index in [0.717, 1.165) is 138 Å². The first-order valence-corrected chi connectivity index (χ1v) is 34.3. The number of carbonyl (C=O) groups is 7. The smallest absolute Gasteiger partial charge is 0.373 e. The molecule has 0 saturated carbocycles. The number of likely N-dealkylation sites (N-methyl/N-ethyl adjacent to an activating group) is 5. The molecule has 614 valence electrons. The lowest BCUT2D eigenvalue weighted by Crippen LogP contribution is -2.48. The first-order valence-electron chi connectivity index (χ1n) is 34.3. The van der Waals surface area contributed by atoms with Crippen molar-refractivity contribution in [2.45, 2.75) is 90.0 Å². The summed E-state index contributed by atoms with van der Waals surface area (Å²) in [6, 6.07) is 0. The SMILES string of the molecule is CCN(CC(=O)O)CN(CC(C)C)CN(C)C.CCN1CCN(C)CCN(CC(=O)C(C)(C)C)CCN(CC(=O)O)CC1.CCN1CCN(C)CCN(CC(C)C)CCN(CC(=O)O)CC1.CN(C)CN(CC(=O)C(C)(C)C)CN(CC(=O)O)CC(=O)O.O=C=O.O=C=O.O=C=O.O=C=O.O=C=O.O=C=O. The molecule has 2 fully saturated rings. The normalized spacial score (nSPS) is 14.9. The molecule has 0 atom stereocenters. The fourth-order valence-corrected chi connectivity index (χ4v) is 9.52. The van der Waals surface area contributed by atoms with Gasteiger partial charge in [-0.2, -0.15) is 57.5 Å². The van der Waals surface area contributed by atoms with Crippen molar-refractivity contribution in [2.24, 2.45) is 22.7 Å². The van der Waals surface area contributed by atoms with Gasteiger partial charge in [0.05, 0.1) is 72.5 Å². The van der Waals surface area contributed by atoms with E-state index in [0.29, 0.717) is 38.3 Å². The molecule has 0 amide bonds. The zero-order valence-electron chi connectivity index (χ0n) is 66.5. The van der Waals surface area contributed by atoms with Crippen LogP contribution in [0.4, 0.5) is 0 Å². The van der Waals surface area contributed by atoms with Crippen LogP contribution in [0.5, 0.6) is 0 Å². The number of aliphatic carboxylic acids is 5. The van der Waals surface area contributed by atoms with Gasteiger partial charge in [-0.05, 0) is 73.8 Å². The minimum atomic E-state index is -1.10. The van der Waals surface area contributed by atoms with Gasteiger partial charge in [-0.1, -0.05) is 90.0 Å². The highest BCUT2D eigenvalue weighted by atomic mass is 16.4. The van der Waals surface area contributed by atoms with Crippen LogP contribution in [0.25, 0.3) is 0 Å². The molecule has 38 nitrogen and oxygen atoms in total. The van der Waals surface area contributed by atoms with Gasteiger partial charge in [0.25, 0.3) is 0 Å². The minimum absolute atomic E-state index is 0.0138. The van der Waals surface area contributed by atoms with Crippen LogP contribution in [0.3, 0.4) is 0 Å². The summed E-state index contributed by atoms with van der Waals surface area (Å²) in [5.74, 6) is -3.03. The summed E-state index contributed by atoms with van der Waals surface area (Å²) in [6.07, 6.45) is 1.50. The van der Waals surface area contributed by atoms with Gasteiger partial charge in [0.2, 0.25) is 0 Å². The van der Waals surface area contributed by atoms with E-state index < -0.39 is 35.3 Å². The lowest BCUT2D eigenvalue weighted by atomic mass is 9.90. The molecule has 0 aromatic carbocycles. The van der Waals surface area contributed by atoms with Gasteiger partial charge in [0.1, 0.15) is 0 Å². The van der Waals surface area contributed by atoms with E-state index in [1.165, 1.54) is 4.90 Å². The number of carboxylic acids is 5. The molecule has 0 unspecified atom stereocenters. The zero-order chi connectivity index (χ0) is 84.1. The van der Waals surface area contributed by atoms with Gasteiger partial charge < -0.3 is 50.0 Å².